The second-order valence-corrected chi connectivity index (χ2v) is 8.42. The summed E-state index contributed by atoms with van der Waals surface area (Å²) in [5, 5.41) is 7.63. The average molecular weight is 463 g/mol. The summed E-state index contributed by atoms with van der Waals surface area (Å²) >= 11 is 17.8. The van der Waals surface area contributed by atoms with Gasteiger partial charge in [0.05, 0.1) is 22.2 Å². The Morgan fingerprint density at radius 1 is 1.17 bits per heavy atom. The quantitative estimate of drug-likeness (QED) is 0.501. The van der Waals surface area contributed by atoms with Crippen LogP contribution in [-0.2, 0) is 4.79 Å². The second-order valence-electron chi connectivity index (χ2n) is 6.47. The van der Waals surface area contributed by atoms with Crippen LogP contribution in [0, 0.1) is 17.6 Å². The molecule has 0 heterocycles. The summed E-state index contributed by atoms with van der Waals surface area (Å²) < 4.78 is 27.1. The first-order chi connectivity index (χ1) is 13.6. The summed E-state index contributed by atoms with van der Waals surface area (Å²) in [5.41, 5.74) is -0.261. The lowest BCUT2D eigenvalue weighted by molar-refractivity contribution is -0.117. The Kier molecular flexibility index (Phi) is 6.22. The van der Waals surface area contributed by atoms with Gasteiger partial charge in [-0.2, -0.15) is 0 Å². The lowest BCUT2D eigenvalue weighted by atomic mass is 10.1. The van der Waals surface area contributed by atoms with E-state index in [1.54, 1.807) is 6.92 Å². The van der Waals surface area contributed by atoms with Crippen molar-refractivity contribution in [2.75, 3.05) is 22.5 Å². The summed E-state index contributed by atoms with van der Waals surface area (Å²) in [6.07, 6.45) is 0.334. The minimum atomic E-state index is -1.08. The lowest BCUT2D eigenvalue weighted by Gasteiger charge is -2.13. The van der Waals surface area contributed by atoms with Crippen molar-refractivity contribution in [1.82, 2.24) is 0 Å². The molecule has 1 atom stereocenters. The Hall–Kier alpha value is -2.09. The summed E-state index contributed by atoms with van der Waals surface area (Å²) in [7, 11) is 0. The van der Waals surface area contributed by atoms with Crippen molar-refractivity contribution in [2.24, 2.45) is 5.92 Å². The number of amides is 2. The van der Waals surface area contributed by atoms with Gasteiger partial charge in [-0.3, -0.25) is 9.59 Å². The molecule has 1 aliphatic carbocycles. The highest BCUT2D eigenvalue weighted by molar-refractivity contribution is 6.52. The van der Waals surface area contributed by atoms with E-state index in [1.807, 2.05) is 0 Å². The maximum atomic E-state index is 14.5. The van der Waals surface area contributed by atoms with Gasteiger partial charge in [0.1, 0.15) is 15.8 Å². The van der Waals surface area contributed by atoms with Gasteiger partial charge in [-0.15, -0.1) is 23.2 Å². The molecule has 5 nitrogen and oxygen atoms in total. The lowest BCUT2D eigenvalue weighted by Crippen LogP contribution is -2.18. The highest BCUT2D eigenvalue weighted by Crippen LogP contribution is 2.53. The monoisotopic (exact) mass is 461 g/mol. The van der Waals surface area contributed by atoms with Crippen LogP contribution in [0.3, 0.4) is 0 Å². The highest BCUT2D eigenvalue weighted by atomic mass is 35.5. The normalized spacial score (nSPS) is 16.8. The molecule has 0 spiro atoms. The zero-order chi connectivity index (χ0) is 21.3. The fourth-order valence-corrected chi connectivity index (χ4v) is 3.39. The molecule has 1 aliphatic rings. The number of carbonyl (C=O) groups is 2. The summed E-state index contributed by atoms with van der Waals surface area (Å²) in [6.45, 7) is 1.98. The van der Waals surface area contributed by atoms with Crippen molar-refractivity contribution in [2.45, 2.75) is 17.7 Å². The predicted octanol–water partition coefficient (Wildman–Crippen LogP) is 5.43. The third kappa shape index (κ3) is 4.74. The van der Waals surface area contributed by atoms with Crippen molar-refractivity contribution in [3.8, 4) is 0 Å². The smallest absolute Gasteiger partial charge is 0.257 e. The third-order valence-corrected chi connectivity index (χ3v) is 5.48. The summed E-state index contributed by atoms with van der Waals surface area (Å²) in [6, 6.07) is 6.41. The molecule has 2 aromatic rings. The van der Waals surface area contributed by atoms with E-state index >= 15 is 0 Å². The standard InChI is InChI=1S/C19H16Cl3F2N3O2/c1-2-25-16-13(23)5-6-14(15(16)24)27-17(28)10-7-9(3-4-12(10)20)26-18(29)11-8-19(11,21)22/h3-7,11,25H,2,8H2,1H3,(H,26,29)(H,27,28). The molecule has 154 valence electrons. The molecular formula is C19H16Cl3F2N3O2. The number of hydrogen-bond acceptors (Lipinski definition) is 3. The maximum absolute atomic E-state index is 14.5. The topological polar surface area (TPSA) is 70.2 Å². The summed E-state index contributed by atoms with van der Waals surface area (Å²) in [4.78, 5) is 24.7. The zero-order valence-corrected chi connectivity index (χ0v) is 17.4. The Bertz CT molecular complexity index is 985. The molecule has 1 saturated carbocycles. The van der Waals surface area contributed by atoms with Gasteiger partial charge >= 0.3 is 0 Å². The fourth-order valence-electron chi connectivity index (χ4n) is 2.68. The van der Waals surface area contributed by atoms with E-state index in [1.165, 1.54) is 18.2 Å². The number of halogens is 5. The van der Waals surface area contributed by atoms with Crippen LogP contribution >= 0.6 is 34.8 Å². The number of rotatable bonds is 6. The Labute approximate surface area is 180 Å². The largest absolute Gasteiger partial charge is 0.381 e. The number of hydrogen-bond donors (Lipinski definition) is 3. The number of benzene rings is 2. The molecule has 2 amide bonds. The molecule has 0 aromatic heterocycles. The molecule has 0 radical (unpaired) electrons. The van der Waals surface area contributed by atoms with Crippen LogP contribution in [0.15, 0.2) is 30.3 Å². The van der Waals surface area contributed by atoms with Crippen molar-refractivity contribution < 1.29 is 18.4 Å². The minimum Gasteiger partial charge on any atom is -0.381 e. The van der Waals surface area contributed by atoms with Crippen LogP contribution in [-0.4, -0.2) is 22.7 Å². The van der Waals surface area contributed by atoms with Crippen LogP contribution in [0.1, 0.15) is 23.7 Å². The molecule has 2 aromatic carbocycles. The number of anilines is 3. The first-order valence-electron chi connectivity index (χ1n) is 8.65. The predicted molar refractivity (Wildman–Crippen MR) is 111 cm³/mol. The first kappa shape index (κ1) is 21.6. The van der Waals surface area contributed by atoms with Gasteiger partial charge in [0.15, 0.2) is 5.82 Å². The highest BCUT2D eigenvalue weighted by Gasteiger charge is 2.56. The van der Waals surface area contributed by atoms with Gasteiger partial charge < -0.3 is 16.0 Å². The summed E-state index contributed by atoms with van der Waals surface area (Å²) in [5.74, 6) is -3.37. The first-order valence-corrected chi connectivity index (χ1v) is 9.79. The van der Waals surface area contributed by atoms with Crippen molar-refractivity contribution in [1.29, 1.82) is 0 Å². The van der Waals surface area contributed by atoms with E-state index in [0.717, 1.165) is 12.1 Å². The minimum absolute atomic E-state index is 0.00278. The van der Waals surface area contributed by atoms with E-state index in [-0.39, 0.29) is 27.9 Å². The average Bonchev–Trinajstić information content (AvgIpc) is 3.31. The second kappa shape index (κ2) is 8.34. The van der Waals surface area contributed by atoms with Crippen molar-refractivity contribution in [3.05, 3.63) is 52.6 Å². The Morgan fingerprint density at radius 2 is 1.86 bits per heavy atom. The number of nitrogens with one attached hydrogen (secondary N) is 3. The molecule has 3 N–H and O–H groups in total. The van der Waals surface area contributed by atoms with Gasteiger partial charge in [0.25, 0.3) is 5.91 Å². The Morgan fingerprint density at radius 3 is 2.48 bits per heavy atom. The van der Waals surface area contributed by atoms with E-state index in [2.05, 4.69) is 16.0 Å². The van der Waals surface area contributed by atoms with Crippen LogP contribution in [0.2, 0.25) is 5.02 Å². The number of alkyl halides is 2. The van der Waals surface area contributed by atoms with E-state index < -0.39 is 27.8 Å². The van der Waals surface area contributed by atoms with Gasteiger partial charge in [-0.1, -0.05) is 11.6 Å². The molecule has 0 aliphatic heterocycles. The van der Waals surface area contributed by atoms with Crippen LogP contribution < -0.4 is 16.0 Å². The molecule has 29 heavy (non-hydrogen) atoms. The fraction of sp³-hybridized carbons (Fsp3) is 0.263. The van der Waals surface area contributed by atoms with Gasteiger partial charge in [-0.05, 0) is 43.7 Å². The van der Waals surface area contributed by atoms with E-state index in [0.29, 0.717) is 18.7 Å². The molecule has 1 unspecified atom stereocenters. The molecule has 3 rings (SSSR count). The SMILES string of the molecule is CCNc1c(F)ccc(NC(=O)c2cc(NC(=O)C3CC3(Cl)Cl)ccc2Cl)c1F. The zero-order valence-electron chi connectivity index (χ0n) is 15.1. The molecule has 0 saturated heterocycles. The van der Waals surface area contributed by atoms with Gasteiger partial charge in [-0.25, -0.2) is 8.78 Å². The molecule has 0 bridgehead atoms. The van der Waals surface area contributed by atoms with Crippen molar-refractivity contribution in [3.63, 3.8) is 0 Å². The van der Waals surface area contributed by atoms with E-state index in [9.17, 15) is 18.4 Å². The van der Waals surface area contributed by atoms with E-state index in [4.69, 9.17) is 34.8 Å². The maximum Gasteiger partial charge on any atom is 0.257 e. The van der Waals surface area contributed by atoms with Gasteiger partial charge in [0, 0.05) is 12.2 Å². The van der Waals surface area contributed by atoms with Gasteiger partial charge in [0.2, 0.25) is 5.91 Å². The Balaban J connectivity index is 1.79. The van der Waals surface area contributed by atoms with Crippen molar-refractivity contribution >= 4 is 63.7 Å². The third-order valence-electron chi connectivity index (χ3n) is 4.31. The molecule has 1 fully saturated rings. The molecular weight excluding hydrogens is 447 g/mol. The van der Waals surface area contributed by atoms with Crippen LogP contribution in [0.4, 0.5) is 25.8 Å². The number of carbonyl (C=O) groups excluding carboxylic acids is 2. The van der Waals surface area contributed by atoms with Crippen LogP contribution in [0.25, 0.3) is 0 Å². The van der Waals surface area contributed by atoms with Crippen LogP contribution in [0.5, 0.6) is 0 Å². The molecule has 10 heteroatoms.